The van der Waals surface area contributed by atoms with Gasteiger partial charge in [0, 0.05) is 55.0 Å². The number of nitrogens with zero attached hydrogens (tertiary/aromatic N) is 6. The van der Waals surface area contributed by atoms with Crippen LogP contribution in [0.15, 0.2) is 67.8 Å². The molecular formula is C32H29ClF2N8O3. The average molecular weight is 647 g/mol. The van der Waals surface area contributed by atoms with Crippen molar-refractivity contribution >= 4 is 45.6 Å². The van der Waals surface area contributed by atoms with Crippen molar-refractivity contribution in [2.24, 2.45) is 0 Å². The first kappa shape index (κ1) is 30.7. The van der Waals surface area contributed by atoms with Crippen LogP contribution in [0, 0.1) is 18.6 Å². The van der Waals surface area contributed by atoms with Gasteiger partial charge in [-0.25, -0.2) is 23.4 Å². The first-order valence-electron chi connectivity index (χ1n) is 14.3. The van der Waals surface area contributed by atoms with Gasteiger partial charge in [0.1, 0.15) is 29.5 Å². The summed E-state index contributed by atoms with van der Waals surface area (Å²) in [5.41, 5.74) is 2.02. The molecule has 6 rings (SSSR count). The lowest BCUT2D eigenvalue weighted by Gasteiger charge is -2.32. The second kappa shape index (κ2) is 13.0. The number of ether oxygens (including phenoxy) is 2. The number of hydrogen-bond donors (Lipinski definition) is 2. The highest BCUT2D eigenvalue weighted by atomic mass is 35.5. The minimum atomic E-state index is -0.650. The Morgan fingerprint density at radius 3 is 2.61 bits per heavy atom. The van der Waals surface area contributed by atoms with E-state index in [4.69, 9.17) is 21.1 Å². The van der Waals surface area contributed by atoms with Crippen molar-refractivity contribution in [2.45, 2.75) is 25.8 Å². The second-order valence-electron chi connectivity index (χ2n) is 10.6. The normalized spacial score (nSPS) is 13.5. The van der Waals surface area contributed by atoms with Crippen molar-refractivity contribution in [1.82, 2.24) is 29.6 Å². The van der Waals surface area contributed by atoms with Crippen molar-refractivity contribution in [3.05, 3.63) is 90.1 Å². The van der Waals surface area contributed by atoms with Gasteiger partial charge in [-0.05, 0) is 38.0 Å². The summed E-state index contributed by atoms with van der Waals surface area (Å²) in [7, 11) is 1.57. The number of nitrogens with one attached hydrogen (secondary N) is 2. The first-order chi connectivity index (χ1) is 22.2. The van der Waals surface area contributed by atoms with Crippen LogP contribution >= 0.6 is 11.6 Å². The molecule has 0 unspecified atom stereocenters. The number of carbonyl (C=O) groups excluding carboxylic acids is 1. The number of hydrogen-bond acceptors (Lipinski definition) is 9. The van der Waals surface area contributed by atoms with Gasteiger partial charge in [0.15, 0.2) is 5.75 Å². The molecule has 1 saturated heterocycles. The maximum atomic E-state index is 15.4. The number of fused-ring (bicyclic) bond motifs is 1. The summed E-state index contributed by atoms with van der Waals surface area (Å²) in [5, 5.41) is 11.5. The third-order valence-electron chi connectivity index (χ3n) is 7.63. The van der Waals surface area contributed by atoms with E-state index in [-0.39, 0.29) is 40.0 Å². The van der Waals surface area contributed by atoms with Crippen LogP contribution in [0.3, 0.4) is 0 Å². The molecule has 0 atom stereocenters. The Morgan fingerprint density at radius 2 is 1.87 bits per heavy atom. The Balaban J connectivity index is 1.21. The number of halogens is 3. The zero-order chi connectivity index (χ0) is 32.4. The van der Waals surface area contributed by atoms with Crippen LogP contribution in [-0.2, 0) is 4.79 Å². The number of amides is 1. The van der Waals surface area contributed by atoms with Crippen LogP contribution in [0.25, 0.3) is 16.6 Å². The number of benzene rings is 2. The van der Waals surface area contributed by atoms with Gasteiger partial charge < -0.3 is 25.0 Å². The van der Waals surface area contributed by atoms with Crippen LogP contribution in [0.5, 0.6) is 17.4 Å². The maximum Gasteiger partial charge on any atom is 0.245 e. The molecule has 11 nitrogen and oxygen atoms in total. The molecule has 4 heterocycles. The van der Waals surface area contributed by atoms with E-state index >= 15 is 4.39 Å². The summed E-state index contributed by atoms with van der Waals surface area (Å²) in [4.78, 5) is 26.5. The summed E-state index contributed by atoms with van der Waals surface area (Å²) in [6.07, 6.45) is 7.23. The van der Waals surface area contributed by atoms with E-state index in [0.717, 1.165) is 18.9 Å². The summed E-state index contributed by atoms with van der Waals surface area (Å²) < 4.78 is 42.1. The highest BCUT2D eigenvalue weighted by molar-refractivity contribution is 6.32. The molecule has 0 aliphatic carbocycles. The smallest absolute Gasteiger partial charge is 0.245 e. The molecule has 1 aliphatic heterocycles. The summed E-state index contributed by atoms with van der Waals surface area (Å²) in [5.74, 6) is -0.101. The molecule has 1 fully saturated rings. The fourth-order valence-corrected chi connectivity index (χ4v) is 5.33. The third kappa shape index (κ3) is 6.40. The average Bonchev–Trinajstić information content (AvgIpc) is 3.53. The summed E-state index contributed by atoms with van der Waals surface area (Å²) >= 11 is 6.49. The van der Waals surface area contributed by atoms with Crippen LogP contribution in [-0.4, -0.2) is 61.8 Å². The third-order valence-corrected chi connectivity index (χ3v) is 7.92. The quantitative estimate of drug-likeness (QED) is 0.171. The summed E-state index contributed by atoms with van der Waals surface area (Å²) in [6, 6.07) is 9.09. The van der Waals surface area contributed by atoms with Crippen LogP contribution in [0.2, 0.25) is 5.02 Å². The van der Waals surface area contributed by atoms with E-state index in [2.05, 4.69) is 37.3 Å². The number of likely N-dealkylation sites (tertiary alicyclic amines) is 1. The molecule has 0 radical (unpaired) electrons. The molecule has 46 heavy (non-hydrogen) atoms. The zero-order valence-electron chi connectivity index (χ0n) is 24.9. The maximum absolute atomic E-state index is 15.4. The standard InChI is InChI=1S/C32H29ClF2N8O3/c1-4-31(44)42-8-5-19(6-9-42)39-27-12-21-25(15-29(27)45-3)37-17-38-32(21)40-26-13-22(33)28(14-24(26)35)46-30-7-10-43(41-30)20-11-23(34)18(2)36-16-20/h4,7,10-17,19,39H,1,5-6,8-9H2,2-3H3,(H,37,38,40). The Kier molecular flexibility index (Phi) is 8.66. The topological polar surface area (TPSA) is 119 Å². The number of piperidine rings is 1. The first-order valence-corrected chi connectivity index (χ1v) is 14.7. The number of carbonyl (C=O) groups is 1. The fraction of sp³-hybridized carbons (Fsp3) is 0.219. The Labute approximate surface area is 267 Å². The minimum absolute atomic E-state index is 0.0350. The number of pyridine rings is 1. The lowest BCUT2D eigenvalue weighted by Crippen LogP contribution is -2.41. The molecule has 2 N–H and O–H groups in total. The number of rotatable bonds is 9. The predicted molar refractivity (Wildman–Crippen MR) is 170 cm³/mol. The van der Waals surface area contributed by atoms with Gasteiger partial charge >= 0.3 is 0 Å². The van der Waals surface area contributed by atoms with E-state index in [1.807, 2.05) is 6.07 Å². The van der Waals surface area contributed by atoms with Crippen molar-refractivity contribution in [3.8, 4) is 23.1 Å². The zero-order valence-corrected chi connectivity index (χ0v) is 25.7. The van der Waals surface area contributed by atoms with Crippen LogP contribution in [0.1, 0.15) is 18.5 Å². The summed E-state index contributed by atoms with van der Waals surface area (Å²) in [6.45, 7) is 6.35. The SMILES string of the molecule is C=CC(=O)N1CCC(Nc2cc3c(Nc4cc(Cl)c(Oc5ccn(-c6cnc(C)c(F)c6)n5)cc4F)ncnc3cc2OC)CC1. The second-order valence-corrected chi connectivity index (χ2v) is 11.0. The van der Waals surface area contributed by atoms with Crippen molar-refractivity contribution < 1.29 is 23.0 Å². The molecule has 1 amide bonds. The van der Waals surface area contributed by atoms with Gasteiger partial charge in [-0.2, -0.15) is 0 Å². The van der Waals surface area contributed by atoms with E-state index in [1.54, 1.807) is 31.2 Å². The van der Waals surface area contributed by atoms with Crippen LogP contribution < -0.4 is 20.1 Å². The lowest BCUT2D eigenvalue weighted by molar-refractivity contribution is -0.126. The molecule has 5 aromatic rings. The molecule has 1 aliphatic rings. The highest BCUT2D eigenvalue weighted by Crippen LogP contribution is 2.37. The van der Waals surface area contributed by atoms with E-state index in [1.165, 1.54) is 41.5 Å². The van der Waals surface area contributed by atoms with Gasteiger partial charge in [0.2, 0.25) is 11.8 Å². The monoisotopic (exact) mass is 646 g/mol. The number of anilines is 3. The minimum Gasteiger partial charge on any atom is -0.495 e. The highest BCUT2D eigenvalue weighted by Gasteiger charge is 2.23. The van der Waals surface area contributed by atoms with E-state index < -0.39 is 11.6 Å². The molecule has 236 valence electrons. The van der Waals surface area contributed by atoms with Crippen molar-refractivity contribution in [2.75, 3.05) is 30.8 Å². The van der Waals surface area contributed by atoms with Gasteiger partial charge in [-0.15, -0.1) is 5.10 Å². The number of methoxy groups -OCH3 is 1. The van der Waals surface area contributed by atoms with Crippen molar-refractivity contribution in [1.29, 1.82) is 0 Å². The number of aryl methyl sites for hydroxylation is 1. The Morgan fingerprint density at radius 1 is 1.07 bits per heavy atom. The molecule has 0 saturated carbocycles. The molecule has 0 bridgehead atoms. The van der Waals surface area contributed by atoms with Crippen molar-refractivity contribution in [3.63, 3.8) is 0 Å². The Bertz CT molecular complexity index is 1940. The van der Waals surface area contributed by atoms with Gasteiger partial charge in [-0.3, -0.25) is 9.78 Å². The number of aromatic nitrogens is 5. The largest absolute Gasteiger partial charge is 0.495 e. The molecule has 0 spiro atoms. The predicted octanol–water partition coefficient (Wildman–Crippen LogP) is 6.58. The lowest BCUT2D eigenvalue weighted by atomic mass is 10.0. The van der Waals surface area contributed by atoms with Gasteiger partial charge in [-0.1, -0.05) is 18.2 Å². The van der Waals surface area contributed by atoms with E-state index in [0.29, 0.717) is 46.9 Å². The Hall–Kier alpha value is -5.30. The molecular weight excluding hydrogens is 618 g/mol. The van der Waals surface area contributed by atoms with Crippen LogP contribution in [0.4, 0.5) is 26.0 Å². The van der Waals surface area contributed by atoms with Gasteiger partial charge in [0.05, 0.1) is 46.6 Å². The molecule has 3 aromatic heterocycles. The molecule has 14 heteroatoms. The van der Waals surface area contributed by atoms with Gasteiger partial charge in [0.25, 0.3) is 0 Å². The fourth-order valence-electron chi connectivity index (χ4n) is 5.13. The molecule has 2 aromatic carbocycles. The van der Waals surface area contributed by atoms with E-state index in [9.17, 15) is 9.18 Å².